The summed E-state index contributed by atoms with van der Waals surface area (Å²) in [7, 11) is 0. The van der Waals surface area contributed by atoms with Gasteiger partial charge in [0.05, 0.1) is 35.1 Å². The van der Waals surface area contributed by atoms with E-state index in [1.807, 2.05) is 24.0 Å². The highest BCUT2D eigenvalue weighted by molar-refractivity contribution is 9.10. The lowest BCUT2D eigenvalue weighted by atomic mass is 10.3. The zero-order valence-electron chi connectivity index (χ0n) is 8.30. The molecule has 0 atom stereocenters. The van der Waals surface area contributed by atoms with E-state index in [1.54, 1.807) is 11.3 Å². The van der Waals surface area contributed by atoms with Crippen LogP contribution >= 0.6 is 27.3 Å². The number of halogens is 1. The third-order valence-electron chi connectivity index (χ3n) is 2.40. The van der Waals surface area contributed by atoms with E-state index < -0.39 is 0 Å². The molecule has 0 radical (unpaired) electrons. The van der Waals surface area contributed by atoms with Crippen molar-refractivity contribution in [2.75, 3.05) is 0 Å². The summed E-state index contributed by atoms with van der Waals surface area (Å²) >= 11 is 5.09. The van der Waals surface area contributed by atoms with Gasteiger partial charge in [0.1, 0.15) is 0 Å². The molecule has 0 spiro atoms. The van der Waals surface area contributed by atoms with E-state index in [9.17, 15) is 0 Å². The summed E-state index contributed by atoms with van der Waals surface area (Å²) in [6.07, 6.45) is 1.86. The van der Waals surface area contributed by atoms with Crippen LogP contribution in [0.3, 0.4) is 0 Å². The maximum atomic E-state index is 4.36. The van der Waals surface area contributed by atoms with Crippen LogP contribution in [0.1, 0.15) is 5.69 Å². The van der Waals surface area contributed by atoms with Crippen molar-refractivity contribution in [1.29, 1.82) is 0 Å². The topological polar surface area (TPSA) is 30.7 Å². The Balaban J connectivity index is 2.07. The molecular formula is C11H8BrN3S. The second kappa shape index (κ2) is 3.99. The van der Waals surface area contributed by atoms with Gasteiger partial charge in [-0.15, -0.1) is 11.3 Å². The van der Waals surface area contributed by atoms with Gasteiger partial charge in [0.15, 0.2) is 0 Å². The fourth-order valence-corrected chi connectivity index (χ4v) is 2.54. The molecule has 0 aliphatic heterocycles. The molecule has 0 unspecified atom stereocenters. The molecule has 1 aromatic carbocycles. The molecule has 16 heavy (non-hydrogen) atoms. The molecule has 5 heteroatoms. The molecule has 0 amide bonds. The Kier molecular flexibility index (Phi) is 2.49. The maximum absolute atomic E-state index is 4.36. The van der Waals surface area contributed by atoms with Crippen LogP contribution in [0.4, 0.5) is 0 Å². The number of fused-ring (bicyclic) bond motifs is 1. The molecule has 0 aliphatic rings. The minimum Gasteiger partial charge on any atom is -0.324 e. The number of rotatable bonds is 2. The highest BCUT2D eigenvalue weighted by atomic mass is 79.9. The highest BCUT2D eigenvalue weighted by Gasteiger charge is 2.04. The van der Waals surface area contributed by atoms with Gasteiger partial charge in [0.25, 0.3) is 0 Å². The zero-order chi connectivity index (χ0) is 11.0. The summed E-state index contributed by atoms with van der Waals surface area (Å²) in [4.78, 5) is 8.64. The monoisotopic (exact) mass is 293 g/mol. The second-order valence-electron chi connectivity index (χ2n) is 3.49. The molecule has 3 nitrogen and oxygen atoms in total. The fourth-order valence-electron chi connectivity index (χ4n) is 1.65. The van der Waals surface area contributed by atoms with E-state index >= 15 is 0 Å². The molecular weight excluding hydrogens is 286 g/mol. The first-order chi connectivity index (χ1) is 7.83. The van der Waals surface area contributed by atoms with Crippen molar-refractivity contribution >= 4 is 38.3 Å². The fraction of sp³-hybridized carbons (Fsp3) is 0.0909. The number of hydrogen-bond acceptors (Lipinski definition) is 3. The van der Waals surface area contributed by atoms with Gasteiger partial charge in [-0.1, -0.05) is 15.9 Å². The number of aromatic nitrogens is 3. The first-order valence-corrected chi connectivity index (χ1v) is 6.54. The smallest absolute Gasteiger partial charge is 0.0962 e. The van der Waals surface area contributed by atoms with Gasteiger partial charge >= 0.3 is 0 Å². The van der Waals surface area contributed by atoms with Gasteiger partial charge in [-0.05, 0) is 18.2 Å². The summed E-state index contributed by atoms with van der Waals surface area (Å²) in [6, 6.07) is 6.09. The van der Waals surface area contributed by atoms with Gasteiger partial charge in [0, 0.05) is 9.85 Å². The Morgan fingerprint density at radius 2 is 2.25 bits per heavy atom. The van der Waals surface area contributed by atoms with Crippen LogP contribution in [0.15, 0.2) is 39.9 Å². The minimum atomic E-state index is 0.774. The lowest BCUT2D eigenvalue weighted by molar-refractivity contribution is 0.803. The van der Waals surface area contributed by atoms with E-state index in [0.29, 0.717) is 0 Å². The molecule has 2 heterocycles. The summed E-state index contributed by atoms with van der Waals surface area (Å²) in [6.45, 7) is 0.774. The third kappa shape index (κ3) is 1.76. The Morgan fingerprint density at radius 1 is 1.31 bits per heavy atom. The van der Waals surface area contributed by atoms with Gasteiger partial charge in [-0.3, -0.25) is 0 Å². The van der Waals surface area contributed by atoms with Crippen LogP contribution in [0.25, 0.3) is 11.0 Å². The van der Waals surface area contributed by atoms with Crippen LogP contribution in [0, 0.1) is 0 Å². The Bertz CT molecular complexity index is 615. The first-order valence-electron chi connectivity index (χ1n) is 4.80. The van der Waals surface area contributed by atoms with Crippen molar-refractivity contribution in [2.24, 2.45) is 0 Å². The minimum absolute atomic E-state index is 0.774. The van der Waals surface area contributed by atoms with E-state index in [-0.39, 0.29) is 0 Å². The van der Waals surface area contributed by atoms with Crippen molar-refractivity contribution in [1.82, 2.24) is 14.5 Å². The SMILES string of the molecule is Brc1ccc2ncn(Cc3cscn3)c2c1. The number of hydrogen-bond donors (Lipinski definition) is 0. The van der Waals surface area contributed by atoms with E-state index in [4.69, 9.17) is 0 Å². The predicted octanol–water partition coefficient (Wildman–Crippen LogP) is 3.30. The van der Waals surface area contributed by atoms with Gasteiger partial charge < -0.3 is 4.57 Å². The van der Waals surface area contributed by atoms with Crippen LogP contribution in [-0.4, -0.2) is 14.5 Å². The maximum Gasteiger partial charge on any atom is 0.0962 e. The molecule has 3 rings (SSSR count). The van der Waals surface area contributed by atoms with Crippen LogP contribution in [-0.2, 0) is 6.54 Å². The average Bonchev–Trinajstić information content (AvgIpc) is 2.90. The summed E-state index contributed by atoms with van der Waals surface area (Å²) in [5.41, 5.74) is 5.06. The van der Waals surface area contributed by atoms with Crippen LogP contribution in [0.5, 0.6) is 0 Å². The summed E-state index contributed by atoms with van der Waals surface area (Å²) in [5, 5.41) is 2.06. The van der Waals surface area contributed by atoms with Crippen molar-refractivity contribution in [2.45, 2.75) is 6.54 Å². The third-order valence-corrected chi connectivity index (χ3v) is 3.53. The van der Waals surface area contributed by atoms with E-state index in [0.717, 1.165) is 27.7 Å². The lowest BCUT2D eigenvalue weighted by Gasteiger charge is -2.01. The predicted molar refractivity (Wildman–Crippen MR) is 68.6 cm³/mol. The molecule has 3 aromatic rings. The van der Waals surface area contributed by atoms with E-state index in [1.165, 1.54) is 0 Å². The quantitative estimate of drug-likeness (QED) is 0.726. The molecule has 80 valence electrons. The van der Waals surface area contributed by atoms with Gasteiger partial charge in [-0.2, -0.15) is 0 Å². The standard InChI is InChI=1S/C11H8BrN3S/c12-8-1-2-10-11(3-8)15(6-13-10)4-9-5-16-7-14-9/h1-3,5-7H,4H2. The van der Waals surface area contributed by atoms with Gasteiger partial charge in [0.2, 0.25) is 0 Å². The number of benzene rings is 1. The van der Waals surface area contributed by atoms with E-state index in [2.05, 4.69) is 41.9 Å². The lowest BCUT2D eigenvalue weighted by Crippen LogP contribution is -1.97. The molecule has 0 aliphatic carbocycles. The number of thiazole rings is 1. The molecule has 0 bridgehead atoms. The van der Waals surface area contributed by atoms with Crippen molar-refractivity contribution in [3.8, 4) is 0 Å². The van der Waals surface area contributed by atoms with Crippen LogP contribution < -0.4 is 0 Å². The van der Waals surface area contributed by atoms with Crippen molar-refractivity contribution in [3.63, 3.8) is 0 Å². The molecule has 0 saturated heterocycles. The van der Waals surface area contributed by atoms with Crippen LogP contribution in [0.2, 0.25) is 0 Å². The molecule has 0 N–H and O–H groups in total. The molecule has 2 aromatic heterocycles. The molecule has 0 fully saturated rings. The van der Waals surface area contributed by atoms with Crippen molar-refractivity contribution < 1.29 is 0 Å². The second-order valence-corrected chi connectivity index (χ2v) is 5.12. The largest absolute Gasteiger partial charge is 0.324 e. The summed E-state index contributed by atoms with van der Waals surface area (Å²) in [5.74, 6) is 0. The normalized spacial score (nSPS) is 11.1. The first kappa shape index (κ1) is 9.99. The highest BCUT2D eigenvalue weighted by Crippen LogP contribution is 2.19. The Hall–Kier alpha value is -1.20. The average molecular weight is 294 g/mol. The Labute approximate surface area is 105 Å². The Morgan fingerprint density at radius 3 is 3.06 bits per heavy atom. The van der Waals surface area contributed by atoms with Crippen molar-refractivity contribution in [3.05, 3.63) is 45.6 Å². The number of imidazole rings is 1. The molecule has 0 saturated carbocycles. The van der Waals surface area contributed by atoms with Gasteiger partial charge in [-0.25, -0.2) is 9.97 Å². The summed E-state index contributed by atoms with van der Waals surface area (Å²) < 4.78 is 3.18. The zero-order valence-corrected chi connectivity index (χ0v) is 10.7. The number of nitrogens with zero attached hydrogens (tertiary/aromatic N) is 3.